The summed E-state index contributed by atoms with van der Waals surface area (Å²) in [6, 6.07) is 17.7. The monoisotopic (exact) mass is 375 g/mol. The molecule has 1 saturated carbocycles. The van der Waals surface area contributed by atoms with Crippen molar-refractivity contribution in [1.82, 2.24) is 15.6 Å². The Hall–Kier alpha value is -3.08. The first kappa shape index (κ1) is 18.3. The molecule has 3 N–H and O–H groups in total. The second kappa shape index (κ2) is 7.50. The van der Waals surface area contributed by atoms with Gasteiger partial charge in [-0.15, -0.1) is 0 Å². The molecule has 1 heterocycles. The van der Waals surface area contributed by atoms with Gasteiger partial charge in [0.25, 0.3) is 0 Å². The molecule has 2 aromatic carbocycles. The van der Waals surface area contributed by atoms with Crippen LogP contribution in [0.25, 0.3) is 10.9 Å². The molecule has 0 bridgehead atoms. The molecule has 1 aromatic heterocycles. The van der Waals surface area contributed by atoms with Crippen molar-refractivity contribution in [3.63, 3.8) is 0 Å². The van der Waals surface area contributed by atoms with Gasteiger partial charge in [-0.3, -0.25) is 9.59 Å². The van der Waals surface area contributed by atoms with Gasteiger partial charge in [0.15, 0.2) is 0 Å². The second-order valence-corrected chi connectivity index (χ2v) is 7.68. The van der Waals surface area contributed by atoms with Crippen LogP contribution >= 0.6 is 0 Å². The highest BCUT2D eigenvalue weighted by atomic mass is 16.2. The molecule has 2 amide bonds. The molecule has 4 rings (SSSR count). The normalized spacial score (nSPS) is 15.8. The van der Waals surface area contributed by atoms with Crippen molar-refractivity contribution in [2.75, 3.05) is 6.54 Å². The zero-order chi connectivity index (χ0) is 19.6. The minimum atomic E-state index is -0.594. The first-order chi connectivity index (χ1) is 13.6. The second-order valence-electron chi connectivity index (χ2n) is 7.68. The Labute approximate surface area is 164 Å². The number of fused-ring (bicyclic) bond motifs is 1. The third-order valence-corrected chi connectivity index (χ3v) is 5.63. The summed E-state index contributed by atoms with van der Waals surface area (Å²) in [5.74, 6) is -0.341. The molecule has 1 atom stereocenters. The highest BCUT2D eigenvalue weighted by Gasteiger charge is 2.44. The van der Waals surface area contributed by atoms with Crippen molar-refractivity contribution >= 4 is 22.7 Å². The van der Waals surface area contributed by atoms with Crippen molar-refractivity contribution in [2.45, 2.75) is 37.6 Å². The van der Waals surface area contributed by atoms with Gasteiger partial charge < -0.3 is 15.6 Å². The van der Waals surface area contributed by atoms with Crippen LogP contribution < -0.4 is 10.6 Å². The lowest BCUT2D eigenvalue weighted by atomic mass is 9.95. The van der Waals surface area contributed by atoms with E-state index >= 15 is 0 Å². The number of amides is 2. The molecule has 144 valence electrons. The zero-order valence-corrected chi connectivity index (χ0v) is 16.0. The number of benzene rings is 2. The predicted molar refractivity (Wildman–Crippen MR) is 110 cm³/mol. The summed E-state index contributed by atoms with van der Waals surface area (Å²) in [6.07, 6.45) is 4.52. The maximum absolute atomic E-state index is 12.9. The molecule has 0 spiro atoms. The summed E-state index contributed by atoms with van der Waals surface area (Å²) in [5, 5.41) is 6.98. The van der Waals surface area contributed by atoms with Gasteiger partial charge in [0, 0.05) is 42.4 Å². The van der Waals surface area contributed by atoms with E-state index in [-0.39, 0.29) is 17.2 Å². The summed E-state index contributed by atoms with van der Waals surface area (Å²) in [4.78, 5) is 27.8. The largest absolute Gasteiger partial charge is 0.361 e. The molecule has 28 heavy (non-hydrogen) atoms. The number of aromatic amines is 1. The Bertz CT molecular complexity index is 989. The van der Waals surface area contributed by atoms with Gasteiger partial charge in [0.05, 0.1) is 0 Å². The third kappa shape index (κ3) is 3.79. The number of nitrogens with one attached hydrogen (secondary N) is 3. The van der Waals surface area contributed by atoms with E-state index in [2.05, 4.69) is 27.8 Å². The first-order valence-corrected chi connectivity index (χ1v) is 9.73. The van der Waals surface area contributed by atoms with E-state index in [0.717, 1.165) is 29.3 Å². The SMILES string of the molecule is CC(=O)N[C@@H](Cc1c[nH]c2ccccc12)C(=O)NCC1(c2ccccc2)CC1. The average Bonchev–Trinajstić information content (AvgIpc) is 3.40. The summed E-state index contributed by atoms with van der Waals surface area (Å²) in [5.41, 5.74) is 3.36. The van der Waals surface area contributed by atoms with Gasteiger partial charge >= 0.3 is 0 Å². The third-order valence-electron chi connectivity index (χ3n) is 5.63. The first-order valence-electron chi connectivity index (χ1n) is 9.73. The standard InChI is InChI=1S/C23H25N3O2/c1-16(27)26-21(13-17-14-24-20-10-6-5-9-19(17)20)22(28)25-15-23(11-12-23)18-7-3-2-4-8-18/h2-10,14,21,24H,11-13,15H2,1H3,(H,25,28)(H,26,27)/t21-/m0/s1. The van der Waals surface area contributed by atoms with Gasteiger partial charge in [-0.2, -0.15) is 0 Å². The fourth-order valence-corrected chi connectivity index (χ4v) is 3.86. The van der Waals surface area contributed by atoms with E-state index < -0.39 is 6.04 Å². The average molecular weight is 375 g/mol. The van der Waals surface area contributed by atoms with Crippen LogP contribution in [0.15, 0.2) is 60.8 Å². The Morgan fingerprint density at radius 2 is 1.79 bits per heavy atom. The lowest BCUT2D eigenvalue weighted by molar-refractivity contribution is -0.128. The van der Waals surface area contributed by atoms with Crippen molar-refractivity contribution in [3.8, 4) is 0 Å². The van der Waals surface area contributed by atoms with E-state index in [9.17, 15) is 9.59 Å². The van der Waals surface area contributed by atoms with Crippen LogP contribution in [0, 0.1) is 0 Å². The van der Waals surface area contributed by atoms with E-state index in [1.807, 2.05) is 48.7 Å². The molecule has 3 aromatic rings. The Kier molecular flexibility index (Phi) is 4.90. The Morgan fingerprint density at radius 1 is 1.07 bits per heavy atom. The minimum Gasteiger partial charge on any atom is -0.361 e. The quantitative estimate of drug-likeness (QED) is 0.594. The molecular formula is C23H25N3O2. The zero-order valence-electron chi connectivity index (χ0n) is 16.0. The van der Waals surface area contributed by atoms with Crippen molar-refractivity contribution in [1.29, 1.82) is 0 Å². The highest BCUT2D eigenvalue weighted by molar-refractivity contribution is 5.89. The topological polar surface area (TPSA) is 74.0 Å². The molecule has 0 saturated heterocycles. The summed E-state index contributed by atoms with van der Waals surface area (Å²) in [6.45, 7) is 2.04. The molecule has 0 radical (unpaired) electrons. The maximum atomic E-state index is 12.9. The number of H-pyrrole nitrogens is 1. The van der Waals surface area contributed by atoms with Gasteiger partial charge in [-0.25, -0.2) is 0 Å². The molecule has 0 aliphatic heterocycles. The van der Waals surface area contributed by atoms with Gasteiger partial charge in [0.1, 0.15) is 6.04 Å². The smallest absolute Gasteiger partial charge is 0.242 e. The van der Waals surface area contributed by atoms with Gasteiger partial charge in [-0.05, 0) is 30.0 Å². The van der Waals surface area contributed by atoms with Crippen molar-refractivity contribution in [2.24, 2.45) is 0 Å². The molecule has 1 fully saturated rings. The minimum absolute atomic E-state index is 0.0402. The number of aromatic nitrogens is 1. The van der Waals surface area contributed by atoms with Crippen LogP contribution in [0.1, 0.15) is 30.9 Å². The van der Waals surface area contributed by atoms with Crippen LogP contribution in [-0.2, 0) is 21.4 Å². The van der Waals surface area contributed by atoms with Gasteiger partial charge in [-0.1, -0.05) is 48.5 Å². The molecule has 5 heteroatoms. The lowest BCUT2D eigenvalue weighted by Crippen LogP contribution is -2.48. The van der Waals surface area contributed by atoms with Crippen LogP contribution in [0.2, 0.25) is 0 Å². The van der Waals surface area contributed by atoms with E-state index in [1.165, 1.54) is 12.5 Å². The van der Waals surface area contributed by atoms with Crippen LogP contribution in [0.3, 0.4) is 0 Å². The Morgan fingerprint density at radius 3 is 2.50 bits per heavy atom. The van der Waals surface area contributed by atoms with Crippen LogP contribution in [0.4, 0.5) is 0 Å². The fourth-order valence-electron chi connectivity index (χ4n) is 3.86. The molecule has 1 aliphatic carbocycles. The highest BCUT2D eigenvalue weighted by Crippen LogP contribution is 2.47. The van der Waals surface area contributed by atoms with E-state index in [4.69, 9.17) is 0 Å². The van der Waals surface area contributed by atoms with Crippen LogP contribution in [0.5, 0.6) is 0 Å². The Balaban J connectivity index is 1.46. The number of hydrogen-bond acceptors (Lipinski definition) is 2. The predicted octanol–water partition coefficient (Wildman–Crippen LogP) is 3.06. The van der Waals surface area contributed by atoms with Crippen LogP contribution in [-0.4, -0.2) is 29.4 Å². The summed E-state index contributed by atoms with van der Waals surface area (Å²) in [7, 11) is 0. The van der Waals surface area contributed by atoms with Crippen molar-refractivity contribution < 1.29 is 9.59 Å². The number of para-hydroxylation sites is 1. The fraction of sp³-hybridized carbons (Fsp3) is 0.304. The van der Waals surface area contributed by atoms with Gasteiger partial charge in [0.2, 0.25) is 11.8 Å². The van der Waals surface area contributed by atoms with Crippen molar-refractivity contribution in [3.05, 3.63) is 71.9 Å². The number of carbonyl (C=O) groups excluding carboxylic acids is 2. The lowest BCUT2D eigenvalue weighted by Gasteiger charge is -2.21. The number of hydrogen-bond donors (Lipinski definition) is 3. The summed E-state index contributed by atoms with van der Waals surface area (Å²) >= 11 is 0. The van der Waals surface area contributed by atoms with E-state index in [0.29, 0.717) is 13.0 Å². The maximum Gasteiger partial charge on any atom is 0.242 e. The van der Waals surface area contributed by atoms with E-state index in [1.54, 1.807) is 0 Å². The molecule has 5 nitrogen and oxygen atoms in total. The molecular weight excluding hydrogens is 350 g/mol. The molecule has 1 aliphatic rings. The summed E-state index contributed by atoms with van der Waals surface area (Å²) < 4.78 is 0. The number of rotatable bonds is 7. The molecule has 0 unspecified atom stereocenters. The number of carbonyl (C=O) groups is 2.